The van der Waals surface area contributed by atoms with Crippen LogP contribution in [0.1, 0.15) is 0 Å². The van der Waals surface area contributed by atoms with E-state index >= 15 is 0 Å². The third kappa shape index (κ3) is 3.16. The lowest BCUT2D eigenvalue weighted by Crippen LogP contribution is -1.93. The van der Waals surface area contributed by atoms with E-state index in [0.717, 1.165) is 33.4 Å². The molecular formula is C20H13ClFN3. The van der Waals surface area contributed by atoms with Crippen LogP contribution in [0.3, 0.4) is 0 Å². The molecule has 25 heavy (non-hydrogen) atoms. The third-order valence-corrected chi connectivity index (χ3v) is 4.25. The zero-order valence-electron chi connectivity index (χ0n) is 13.1. The molecule has 1 heterocycles. The molecule has 0 aliphatic rings. The predicted octanol–water partition coefficient (Wildman–Crippen LogP) is 5.83. The number of aromatic nitrogens is 2. The fourth-order valence-corrected chi connectivity index (χ4v) is 2.94. The molecule has 4 aromatic rings. The third-order valence-electron chi connectivity index (χ3n) is 3.92. The first-order valence-corrected chi connectivity index (χ1v) is 8.11. The van der Waals surface area contributed by atoms with Gasteiger partial charge in [-0.1, -0.05) is 29.8 Å². The van der Waals surface area contributed by atoms with Gasteiger partial charge in [-0.05, 0) is 48.5 Å². The predicted molar refractivity (Wildman–Crippen MR) is 99.7 cm³/mol. The molecule has 0 bridgehead atoms. The number of fused-ring (bicyclic) bond motifs is 1. The SMILES string of the molecule is Fc1ccc(Nc2ccc3c(-c4ccccc4Cl)nncc3c2)cc1. The Balaban J connectivity index is 1.75. The summed E-state index contributed by atoms with van der Waals surface area (Å²) in [6.45, 7) is 0. The molecule has 0 fully saturated rings. The van der Waals surface area contributed by atoms with Crippen LogP contribution in [-0.4, -0.2) is 10.2 Å². The lowest BCUT2D eigenvalue weighted by Gasteiger charge is -2.10. The summed E-state index contributed by atoms with van der Waals surface area (Å²) < 4.78 is 13.0. The minimum absolute atomic E-state index is 0.260. The van der Waals surface area contributed by atoms with Crippen LogP contribution in [-0.2, 0) is 0 Å². The molecule has 0 saturated heterocycles. The number of anilines is 2. The highest BCUT2D eigenvalue weighted by Gasteiger charge is 2.10. The molecule has 0 spiro atoms. The van der Waals surface area contributed by atoms with Crippen molar-refractivity contribution in [2.45, 2.75) is 0 Å². The van der Waals surface area contributed by atoms with E-state index in [-0.39, 0.29) is 5.82 Å². The van der Waals surface area contributed by atoms with E-state index in [1.165, 1.54) is 12.1 Å². The van der Waals surface area contributed by atoms with Crippen molar-refractivity contribution >= 4 is 33.7 Å². The Morgan fingerprint density at radius 3 is 2.44 bits per heavy atom. The number of hydrogen-bond acceptors (Lipinski definition) is 3. The van der Waals surface area contributed by atoms with E-state index in [1.807, 2.05) is 42.5 Å². The molecule has 3 nitrogen and oxygen atoms in total. The van der Waals surface area contributed by atoms with E-state index in [0.29, 0.717) is 5.02 Å². The first-order valence-electron chi connectivity index (χ1n) is 7.74. The van der Waals surface area contributed by atoms with Crippen LogP contribution in [0.25, 0.3) is 22.0 Å². The first-order chi connectivity index (χ1) is 12.2. The van der Waals surface area contributed by atoms with E-state index in [2.05, 4.69) is 15.5 Å². The fourth-order valence-electron chi connectivity index (χ4n) is 2.72. The van der Waals surface area contributed by atoms with Crippen LogP contribution in [0.5, 0.6) is 0 Å². The second-order valence-corrected chi connectivity index (χ2v) is 6.01. The van der Waals surface area contributed by atoms with Crippen molar-refractivity contribution in [3.8, 4) is 11.3 Å². The van der Waals surface area contributed by atoms with Gasteiger partial charge in [-0.3, -0.25) is 0 Å². The van der Waals surface area contributed by atoms with Gasteiger partial charge in [0.15, 0.2) is 0 Å². The Labute approximate surface area is 149 Å². The van der Waals surface area contributed by atoms with E-state index in [9.17, 15) is 4.39 Å². The standard InChI is InChI=1S/C20H13ClFN3/c21-19-4-2-1-3-18(19)20-17-10-9-16(11-13(17)12-23-25-20)24-15-7-5-14(22)6-8-15/h1-12,24H. The fraction of sp³-hybridized carbons (Fsp3) is 0. The summed E-state index contributed by atoms with van der Waals surface area (Å²) in [6, 6.07) is 19.7. The zero-order chi connectivity index (χ0) is 17.2. The summed E-state index contributed by atoms with van der Waals surface area (Å²) in [7, 11) is 0. The molecule has 1 aromatic heterocycles. The second kappa shape index (κ2) is 6.49. The van der Waals surface area contributed by atoms with Crippen molar-refractivity contribution in [2.75, 3.05) is 5.32 Å². The molecule has 1 N–H and O–H groups in total. The van der Waals surface area contributed by atoms with Gasteiger partial charge in [0.05, 0.1) is 11.2 Å². The quantitative estimate of drug-likeness (QED) is 0.505. The van der Waals surface area contributed by atoms with Crippen LogP contribution in [0.4, 0.5) is 15.8 Å². The van der Waals surface area contributed by atoms with Crippen LogP contribution in [0.15, 0.2) is 72.9 Å². The van der Waals surface area contributed by atoms with E-state index in [4.69, 9.17) is 11.6 Å². The molecule has 0 saturated carbocycles. The van der Waals surface area contributed by atoms with Gasteiger partial charge in [-0.2, -0.15) is 5.10 Å². The molecule has 0 amide bonds. The summed E-state index contributed by atoms with van der Waals surface area (Å²) >= 11 is 6.30. The summed E-state index contributed by atoms with van der Waals surface area (Å²) in [6.07, 6.45) is 1.71. The topological polar surface area (TPSA) is 37.8 Å². The maximum atomic E-state index is 13.0. The highest BCUT2D eigenvalue weighted by Crippen LogP contribution is 2.32. The molecule has 0 aliphatic carbocycles. The molecule has 122 valence electrons. The molecule has 0 radical (unpaired) electrons. The maximum Gasteiger partial charge on any atom is 0.123 e. The van der Waals surface area contributed by atoms with Gasteiger partial charge >= 0.3 is 0 Å². The average molecular weight is 350 g/mol. The van der Waals surface area contributed by atoms with Crippen LogP contribution >= 0.6 is 11.6 Å². The minimum Gasteiger partial charge on any atom is -0.356 e. The molecule has 0 unspecified atom stereocenters. The van der Waals surface area contributed by atoms with Gasteiger partial charge in [-0.15, -0.1) is 5.10 Å². The average Bonchev–Trinajstić information content (AvgIpc) is 2.63. The highest BCUT2D eigenvalue weighted by atomic mass is 35.5. The Bertz CT molecular complexity index is 1050. The van der Waals surface area contributed by atoms with Gasteiger partial charge < -0.3 is 5.32 Å². The summed E-state index contributed by atoms with van der Waals surface area (Å²) in [5.41, 5.74) is 3.30. The zero-order valence-corrected chi connectivity index (χ0v) is 13.8. The number of nitrogens with one attached hydrogen (secondary N) is 1. The molecule has 0 atom stereocenters. The van der Waals surface area contributed by atoms with Gasteiger partial charge in [-0.25, -0.2) is 4.39 Å². The van der Waals surface area contributed by atoms with Gasteiger partial charge in [0, 0.05) is 27.7 Å². The molecule has 3 aromatic carbocycles. The molecule has 0 aliphatic heterocycles. The Hall–Kier alpha value is -2.98. The van der Waals surface area contributed by atoms with Crippen LogP contribution in [0, 0.1) is 5.82 Å². The second-order valence-electron chi connectivity index (χ2n) is 5.61. The number of hydrogen-bond donors (Lipinski definition) is 1. The van der Waals surface area contributed by atoms with Crippen LogP contribution < -0.4 is 5.32 Å². The largest absolute Gasteiger partial charge is 0.356 e. The Kier molecular flexibility index (Phi) is 4.04. The van der Waals surface area contributed by atoms with E-state index in [1.54, 1.807) is 18.3 Å². The Morgan fingerprint density at radius 2 is 1.64 bits per heavy atom. The maximum absolute atomic E-state index is 13.0. The number of benzene rings is 3. The summed E-state index contributed by atoms with van der Waals surface area (Å²) in [5.74, 6) is -0.260. The van der Waals surface area contributed by atoms with Crippen molar-refractivity contribution in [1.29, 1.82) is 0 Å². The highest BCUT2D eigenvalue weighted by molar-refractivity contribution is 6.33. The van der Waals surface area contributed by atoms with Crippen LogP contribution in [0.2, 0.25) is 5.02 Å². The van der Waals surface area contributed by atoms with Crippen molar-refractivity contribution < 1.29 is 4.39 Å². The van der Waals surface area contributed by atoms with Gasteiger partial charge in [0.25, 0.3) is 0 Å². The summed E-state index contributed by atoms with van der Waals surface area (Å²) in [4.78, 5) is 0. The Morgan fingerprint density at radius 1 is 0.880 bits per heavy atom. The number of halogens is 2. The van der Waals surface area contributed by atoms with Crippen molar-refractivity contribution in [3.63, 3.8) is 0 Å². The smallest absolute Gasteiger partial charge is 0.123 e. The lowest BCUT2D eigenvalue weighted by molar-refractivity contribution is 0.628. The van der Waals surface area contributed by atoms with Crippen molar-refractivity contribution in [3.05, 3.63) is 83.8 Å². The first kappa shape index (κ1) is 15.5. The number of rotatable bonds is 3. The molecule has 4 rings (SSSR count). The summed E-state index contributed by atoms with van der Waals surface area (Å²) in [5, 5.41) is 14.2. The van der Waals surface area contributed by atoms with Gasteiger partial charge in [0.1, 0.15) is 11.5 Å². The van der Waals surface area contributed by atoms with E-state index < -0.39 is 0 Å². The van der Waals surface area contributed by atoms with Crippen molar-refractivity contribution in [2.24, 2.45) is 0 Å². The molecular weight excluding hydrogens is 337 g/mol. The molecule has 5 heteroatoms. The number of nitrogens with zero attached hydrogens (tertiary/aromatic N) is 2. The monoisotopic (exact) mass is 349 g/mol. The van der Waals surface area contributed by atoms with Crippen molar-refractivity contribution in [1.82, 2.24) is 10.2 Å². The normalized spacial score (nSPS) is 10.8. The lowest BCUT2D eigenvalue weighted by atomic mass is 10.0. The van der Waals surface area contributed by atoms with Gasteiger partial charge in [0.2, 0.25) is 0 Å². The minimum atomic E-state index is -0.260.